The number of anilines is 3. The lowest BCUT2D eigenvalue weighted by atomic mass is 10.0. The second-order valence-electron chi connectivity index (χ2n) is 7.11. The number of ether oxygens (including phenoxy) is 1. The number of amides is 1. The van der Waals surface area contributed by atoms with Gasteiger partial charge in [0.15, 0.2) is 0 Å². The van der Waals surface area contributed by atoms with Gasteiger partial charge in [0.2, 0.25) is 5.91 Å². The van der Waals surface area contributed by atoms with Gasteiger partial charge in [0.25, 0.3) is 0 Å². The highest BCUT2D eigenvalue weighted by atomic mass is 16.5. The van der Waals surface area contributed by atoms with Gasteiger partial charge in [-0.05, 0) is 25.0 Å². The molecule has 0 spiro atoms. The molecular weight excluding hydrogens is 330 g/mol. The van der Waals surface area contributed by atoms with Crippen LogP contribution in [0.5, 0.6) is 5.75 Å². The van der Waals surface area contributed by atoms with Gasteiger partial charge in [-0.1, -0.05) is 0 Å². The van der Waals surface area contributed by atoms with Gasteiger partial charge in [-0.3, -0.25) is 9.48 Å². The number of nitrogens with zero attached hydrogens (tertiary/aromatic N) is 5. The molecule has 1 fully saturated rings. The quantitative estimate of drug-likeness (QED) is 0.841. The highest BCUT2D eigenvalue weighted by Crippen LogP contribution is 2.37. The number of rotatable bonds is 3. The third-order valence-electron chi connectivity index (χ3n) is 5.15. The molecule has 0 unspecified atom stereocenters. The van der Waals surface area contributed by atoms with Gasteiger partial charge in [0, 0.05) is 45.6 Å². The van der Waals surface area contributed by atoms with Gasteiger partial charge in [-0.15, -0.1) is 0 Å². The van der Waals surface area contributed by atoms with Crippen molar-refractivity contribution in [2.75, 3.05) is 48.5 Å². The second kappa shape index (κ2) is 6.55. The molecule has 0 saturated carbocycles. The minimum absolute atomic E-state index is 0.147. The van der Waals surface area contributed by atoms with Gasteiger partial charge >= 0.3 is 0 Å². The monoisotopic (exact) mass is 355 g/mol. The molecule has 3 heterocycles. The van der Waals surface area contributed by atoms with Crippen molar-refractivity contribution in [2.45, 2.75) is 18.9 Å². The Kier molecular flexibility index (Phi) is 4.22. The molecule has 138 valence electrons. The van der Waals surface area contributed by atoms with Crippen LogP contribution in [0.2, 0.25) is 0 Å². The van der Waals surface area contributed by atoms with E-state index < -0.39 is 0 Å². The molecule has 1 aromatic heterocycles. The average Bonchev–Trinajstić information content (AvgIpc) is 3.07. The van der Waals surface area contributed by atoms with E-state index in [2.05, 4.69) is 27.0 Å². The largest absolute Gasteiger partial charge is 0.489 e. The molecule has 7 nitrogen and oxygen atoms in total. The van der Waals surface area contributed by atoms with Crippen LogP contribution in [0, 0.1) is 0 Å². The van der Waals surface area contributed by atoms with E-state index in [0.717, 1.165) is 48.7 Å². The zero-order chi connectivity index (χ0) is 18.3. The summed E-state index contributed by atoms with van der Waals surface area (Å²) in [6, 6.07) is 6.04. The zero-order valence-corrected chi connectivity index (χ0v) is 15.6. The number of hydrogen-bond donors (Lipinski definition) is 0. The van der Waals surface area contributed by atoms with Crippen LogP contribution in [0.3, 0.4) is 0 Å². The average molecular weight is 355 g/mol. The van der Waals surface area contributed by atoms with Crippen LogP contribution in [0.25, 0.3) is 0 Å². The summed E-state index contributed by atoms with van der Waals surface area (Å²) in [4.78, 5) is 19.3. The van der Waals surface area contributed by atoms with E-state index in [4.69, 9.17) is 4.74 Å². The van der Waals surface area contributed by atoms with Crippen LogP contribution in [0.4, 0.5) is 17.1 Å². The van der Waals surface area contributed by atoms with E-state index in [9.17, 15) is 4.79 Å². The molecule has 2 aliphatic heterocycles. The molecule has 0 N–H and O–H groups in total. The van der Waals surface area contributed by atoms with E-state index in [1.165, 1.54) is 0 Å². The Balaban J connectivity index is 1.62. The van der Waals surface area contributed by atoms with Gasteiger partial charge in [0.1, 0.15) is 18.4 Å². The minimum atomic E-state index is -0.156. The topological polar surface area (TPSA) is 53.8 Å². The Hall–Kier alpha value is -2.70. The van der Waals surface area contributed by atoms with Crippen LogP contribution in [-0.4, -0.2) is 55.5 Å². The summed E-state index contributed by atoms with van der Waals surface area (Å²) in [5.74, 6) is 1.00. The molecule has 2 aliphatic rings. The van der Waals surface area contributed by atoms with Gasteiger partial charge in [0.05, 0.1) is 24.1 Å². The zero-order valence-electron chi connectivity index (χ0n) is 15.6. The molecule has 0 bridgehead atoms. The van der Waals surface area contributed by atoms with E-state index in [1.807, 2.05) is 38.3 Å². The molecule has 1 saturated heterocycles. The number of benzene rings is 1. The maximum Gasteiger partial charge on any atom is 0.249 e. The predicted octanol–water partition coefficient (Wildman–Crippen LogP) is 1.88. The Bertz CT molecular complexity index is 816. The van der Waals surface area contributed by atoms with Gasteiger partial charge in [-0.2, -0.15) is 5.10 Å². The first kappa shape index (κ1) is 16.8. The molecule has 7 heteroatoms. The fourth-order valence-electron chi connectivity index (χ4n) is 3.78. The van der Waals surface area contributed by atoms with E-state index in [-0.39, 0.29) is 11.9 Å². The third kappa shape index (κ3) is 2.87. The first-order chi connectivity index (χ1) is 12.5. The number of carbonyl (C=O) groups excluding carboxylic acids is 1. The third-order valence-corrected chi connectivity index (χ3v) is 5.15. The smallest absolute Gasteiger partial charge is 0.249 e. The van der Waals surface area contributed by atoms with Crippen molar-refractivity contribution >= 4 is 23.0 Å². The number of hydrogen-bond acceptors (Lipinski definition) is 5. The predicted molar refractivity (Wildman–Crippen MR) is 102 cm³/mol. The number of aromatic nitrogens is 2. The van der Waals surface area contributed by atoms with Crippen molar-refractivity contribution in [3.63, 3.8) is 0 Å². The fourth-order valence-corrected chi connectivity index (χ4v) is 3.78. The fraction of sp³-hybridized carbons (Fsp3) is 0.474. The van der Waals surface area contributed by atoms with Crippen molar-refractivity contribution in [3.8, 4) is 5.75 Å². The highest BCUT2D eigenvalue weighted by Gasteiger charge is 2.36. The summed E-state index contributed by atoms with van der Waals surface area (Å²) in [5.41, 5.74) is 2.98. The molecular formula is C19H25N5O2. The molecule has 1 atom stereocenters. The Morgan fingerprint density at radius 3 is 2.85 bits per heavy atom. The Morgan fingerprint density at radius 2 is 2.12 bits per heavy atom. The van der Waals surface area contributed by atoms with E-state index >= 15 is 0 Å². The molecule has 4 rings (SSSR count). The van der Waals surface area contributed by atoms with Gasteiger partial charge < -0.3 is 19.4 Å². The number of carbonyl (C=O) groups is 1. The summed E-state index contributed by atoms with van der Waals surface area (Å²) in [6.45, 7) is 2.07. The van der Waals surface area contributed by atoms with Crippen molar-refractivity contribution < 1.29 is 9.53 Å². The summed E-state index contributed by atoms with van der Waals surface area (Å²) >= 11 is 0. The second-order valence-corrected chi connectivity index (χ2v) is 7.11. The summed E-state index contributed by atoms with van der Waals surface area (Å²) in [7, 11) is 5.90. The van der Waals surface area contributed by atoms with Crippen LogP contribution >= 0.6 is 0 Å². The lowest BCUT2D eigenvalue weighted by Gasteiger charge is -2.41. The molecule has 1 aromatic carbocycles. The van der Waals surface area contributed by atoms with Crippen molar-refractivity contribution in [2.24, 2.45) is 7.05 Å². The first-order valence-corrected chi connectivity index (χ1v) is 9.05. The maximum absolute atomic E-state index is 13.2. The summed E-state index contributed by atoms with van der Waals surface area (Å²) in [5, 5.41) is 4.21. The van der Waals surface area contributed by atoms with Crippen molar-refractivity contribution in [1.82, 2.24) is 9.78 Å². The van der Waals surface area contributed by atoms with Crippen LogP contribution in [0.15, 0.2) is 30.6 Å². The highest BCUT2D eigenvalue weighted by molar-refractivity contribution is 6.00. The molecule has 1 amide bonds. The molecule has 26 heavy (non-hydrogen) atoms. The van der Waals surface area contributed by atoms with Crippen LogP contribution in [0.1, 0.15) is 12.8 Å². The maximum atomic E-state index is 13.2. The lowest BCUT2D eigenvalue weighted by molar-refractivity contribution is -0.121. The minimum Gasteiger partial charge on any atom is -0.489 e. The Labute approximate surface area is 153 Å². The van der Waals surface area contributed by atoms with Crippen LogP contribution in [-0.2, 0) is 11.8 Å². The molecule has 0 aliphatic carbocycles. The number of fused-ring (bicyclic) bond motifs is 1. The lowest BCUT2D eigenvalue weighted by Crippen LogP contribution is -2.54. The summed E-state index contributed by atoms with van der Waals surface area (Å²) < 4.78 is 7.61. The SMILES string of the molecule is CN(C)c1ccc2c(c1)OCCN2[C@@H]1CCCN(c2cnn(C)c2)C1=O. The molecule has 2 aromatic rings. The first-order valence-electron chi connectivity index (χ1n) is 9.05. The summed E-state index contributed by atoms with van der Waals surface area (Å²) in [6.07, 6.45) is 5.51. The van der Waals surface area contributed by atoms with Crippen molar-refractivity contribution in [3.05, 3.63) is 30.6 Å². The van der Waals surface area contributed by atoms with Gasteiger partial charge in [-0.25, -0.2) is 0 Å². The van der Waals surface area contributed by atoms with Crippen LogP contribution < -0.4 is 19.4 Å². The Morgan fingerprint density at radius 1 is 1.27 bits per heavy atom. The number of aryl methyl sites for hydroxylation is 1. The van der Waals surface area contributed by atoms with Crippen molar-refractivity contribution in [1.29, 1.82) is 0 Å². The molecule has 0 radical (unpaired) electrons. The standard InChI is InChI=1S/C19H25N5O2/c1-21(2)14-6-7-16-18(11-14)26-10-9-24(16)17-5-4-8-23(19(17)25)15-12-20-22(3)13-15/h6-7,11-13,17H,4-5,8-10H2,1-3H3/t17-/m1/s1. The van der Waals surface area contributed by atoms with E-state index in [0.29, 0.717) is 6.61 Å². The number of piperidine rings is 1. The normalized spacial score (nSPS) is 20.0. The van der Waals surface area contributed by atoms with E-state index in [1.54, 1.807) is 10.9 Å².